The molecule has 0 aliphatic carbocycles. The van der Waals surface area contributed by atoms with Crippen LogP contribution in [0.4, 0.5) is 34.1 Å². The lowest BCUT2D eigenvalue weighted by atomic mass is 10.0. The van der Waals surface area contributed by atoms with E-state index >= 15 is 0 Å². The van der Waals surface area contributed by atoms with Crippen molar-refractivity contribution < 1.29 is 4.42 Å². The molecule has 0 aliphatic rings. The van der Waals surface area contributed by atoms with Crippen LogP contribution in [-0.4, -0.2) is 14.5 Å². The first-order valence-corrected chi connectivity index (χ1v) is 19.4. The third kappa shape index (κ3) is 5.66. The van der Waals surface area contributed by atoms with E-state index in [2.05, 4.69) is 208 Å². The maximum atomic E-state index is 6.76. The molecule has 0 saturated carbocycles. The molecule has 0 N–H and O–H groups in total. The van der Waals surface area contributed by atoms with Crippen LogP contribution in [0.15, 0.2) is 217 Å². The maximum Gasteiger partial charge on any atom is 0.197 e. The second-order valence-electron chi connectivity index (χ2n) is 14.3. The summed E-state index contributed by atoms with van der Waals surface area (Å²) in [6.07, 6.45) is 1.66. The van der Waals surface area contributed by atoms with E-state index in [1.807, 2.05) is 12.1 Å². The summed E-state index contributed by atoms with van der Waals surface area (Å²) < 4.78 is 9.02. The molecule has 6 heteroatoms. The fraction of sp³-hybridized carbons (Fsp3) is 0. The molecule has 11 aromatic rings. The number of anilines is 6. The molecule has 0 unspecified atom stereocenters. The molecule has 0 atom stereocenters. The van der Waals surface area contributed by atoms with Crippen LogP contribution < -0.4 is 9.80 Å². The molecule has 11 rings (SSSR count). The summed E-state index contributed by atoms with van der Waals surface area (Å²) >= 11 is 0. The Morgan fingerprint density at radius 3 is 1.33 bits per heavy atom. The topological polar surface area (TPSA) is 50.3 Å². The van der Waals surface area contributed by atoms with Gasteiger partial charge in [-0.1, -0.05) is 121 Å². The Morgan fingerprint density at radius 2 is 0.845 bits per heavy atom. The maximum absolute atomic E-state index is 6.76. The highest BCUT2D eigenvalue weighted by atomic mass is 16.3. The van der Waals surface area contributed by atoms with Gasteiger partial charge in [0.1, 0.15) is 17.4 Å². The standard InChI is InChI=1S/C52H35N5O/c1-6-16-36(17-7-1)37-26-31-49-46(32-37)50-51(58-49)52(54-35-53-50)57-47-33-42(55(38-18-8-2-9-19-38)39-20-10-3-11-21-39)27-29-44(47)45-30-28-43(34-48(45)57)56(40-22-12-4-13-23-40)41-24-14-5-15-25-41/h1-35H. The predicted octanol–water partition coefficient (Wildman–Crippen LogP) is 14.1. The van der Waals surface area contributed by atoms with Gasteiger partial charge in [0.15, 0.2) is 11.4 Å². The van der Waals surface area contributed by atoms with Gasteiger partial charge in [-0.15, -0.1) is 0 Å². The summed E-state index contributed by atoms with van der Waals surface area (Å²) in [5, 5.41) is 3.15. The minimum Gasteiger partial charge on any atom is -0.450 e. The Hall–Kier alpha value is -7.96. The Kier molecular flexibility index (Phi) is 8.04. The van der Waals surface area contributed by atoms with Gasteiger partial charge in [0, 0.05) is 50.3 Å². The molecule has 3 heterocycles. The van der Waals surface area contributed by atoms with Crippen LogP contribution in [0.1, 0.15) is 0 Å². The van der Waals surface area contributed by atoms with Gasteiger partial charge in [-0.2, -0.15) is 0 Å². The van der Waals surface area contributed by atoms with Crippen molar-refractivity contribution in [2.24, 2.45) is 0 Å². The lowest BCUT2D eigenvalue weighted by Gasteiger charge is -2.25. The lowest BCUT2D eigenvalue weighted by Crippen LogP contribution is -2.10. The third-order valence-corrected chi connectivity index (χ3v) is 10.9. The van der Waals surface area contributed by atoms with Gasteiger partial charge >= 0.3 is 0 Å². The van der Waals surface area contributed by atoms with Crippen LogP contribution >= 0.6 is 0 Å². The van der Waals surface area contributed by atoms with Gasteiger partial charge in [-0.05, 0) is 96.1 Å². The van der Waals surface area contributed by atoms with Crippen LogP contribution in [0.5, 0.6) is 0 Å². The van der Waals surface area contributed by atoms with Crippen LogP contribution in [-0.2, 0) is 0 Å². The highest BCUT2D eigenvalue weighted by Gasteiger charge is 2.23. The second-order valence-corrected chi connectivity index (χ2v) is 14.3. The Balaban J connectivity index is 1.19. The summed E-state index contributed by atoms with van der Waals surface area (Å²) in [6, 6.07) is 72.2. The van der Waals surface area contributed by atoms with E-state index in [9.17, 15) is 0 Å². The van der Waals surface area contributed by atoms with Crippen LogP contribution in [0.3, 0.4) is 0 Å². The molecule has 58 heavy (non-hydrogen) atoms. The number of nitrogens with zero attached hydrogens (tertiary/aromatic N) is 5. The molecule has 0 fully saturated rings. The lowest BCUT2D eigenvalue weighted by molar-refractivity contribution is 0.662. The average Bonchev–Trinajstić information content (AvgIpc) is 3.83. The van der Waals surface area contributed by atoms with Gasteiger partial charge in [-0.3, -0.25) is 4.57 Å². The number of benzene rings is 8. The summed E-state index contributed by atoms with van der Waals surface area (Å²) in [5.41, 5.74) is 12.7. The number of aromatic nitrogens is 3. The number of fused-ring (bicyclic) bond motifs is 6. The number of hydrogen-bond donors (Lipinski definition) is 0. The van der Waals surface area contributed by atoms with Crippen LogP contribution in [0.25, 0.3) is 60.8 Å². The van der Waals surface area contributed by atoms with Crippen molar-refractivity contribution in [3.63, 3.8) is 0 Å². The molecule has 6 nitrogen and oxygen atoms in total. The van der Waals surface area contributed by atoms with Crippen molar-refractivity contribution in [3.8, 4) is 16.9 Å². The molecular weight excluding hydrogens is 711 g/mol. The second kappa shape index (κ2) is 14.0. The first-order chi connectivity index (χ1) is 28.8. The van der Waals surface area contributed by atoms with Crippen molar-refractivity contribution in [1.82, 2.24) is 14.5 Å². The fourth-order valence-electron chi connectivity index (χ4n) is 8.24. The van der Waals surface area contributed by atoms with Crippen molar-refractivity contribution in [2.45, 2.75) is 0 Å². The molecule has 0 spiro atoms. The van der Waals surface area contributed by atoms with Crippen LogP contribution in [0, 0.1) is 0 Å². The first-order valence-electron chi connectivity index (χ1n) is 19.4. The van der Waals surface area contributed by atoms with Crippen molar-refractivity contribution in [3.05, 3.63) is 213 Å². The zero-order valence-electron chi connectivity index (χ0n) is 31.4. The summed E-state index contributed by atoms with van der Waals surface area (Å²) in [7, 11) is 0. The first kappa shape index (κ1) is 33.4. The molecule has 0 amide bonds. The van der Waals surface area contributed by atoms with Gasteiger partial charge < -0.3 is 14.2 Å². The molecule has 3 aromatic heterocycles. The van der Waals surface area contributed by atoms with Crippen LogP contribution in [0.2, 0.25) is 0 Å². The van der Waals surface area contributed by atoms with Gasteiger partial charge in [0.25, 0.3) is 0 Å². The summed E-state index contributed by atoms with van der Waals surface area (Å²) in [6.45, 7) is 0. The molecule has 0 radical (unpaired) electrons. The molecular formula is C52H35N5O. The quantitative estimate of drug-likeness (QED) is 0.155. The Labute approximate surface area is 335 Å². The molecule has 8 aromatic carbocycles. The predicted molar refractivity (Wildman–Crippen MR) is 238 cm³/mol. The number of para-hydroxylation sites is 4. The number of furan rings is 1. The van der Waals surface area contributed by atoms with Crippen molar-refractivity contribution >= 4 is 78.0 Å². The van der Waals surface area contributed by atoms with E-state index in [-0.39, 0.29) is 0 Å². The van der Waals surface area contributed by atoms with E-state index in [1.165, 1.54) is 0 Å². The molecule has 0 aliphatic heterocycles. The smallest absolute Gasteiger partial charge is 0.197 e. The normalized spacial score (nSPS) is 11.4. The highest BCUT2D eigenvalue weighted by molar-refractivity contribution is 6.13. The number of hydrogen-bond acceptors (Lipinski definition) is 5. The SMILES string of the molecule is c1ccc(-c2ccc3oc4c(-n5c6cc(N(c7ccccc7)c7ccccc7)ccc6c6ccc(N(c7ccccc7)c7ccccc7)cc65)ncnc4c3c2)cc1. The zero-order valence-corrected chi connectivity index (χ0v) is 31.4. The highest BCUT2D eigenvalue weighted by Crippen LogP contribution is 2.43. The summed E-state index contributed by atoms with van der Waals surface area (Å²) in [5.74, 6) is 0.675. The minimum atomic E-state index is 0.628. The van der Waals surface area contributed by atoms with Gasteiger partial charge in [-0.25, -0.2) is 9.97 Å². The van der Waals surface area contributed by atoms with E-state index in [4.69, 9.17) is 14.4 Å². The third-order valence-electron chi connectivity index (χ3n) is 10.9. The Morgan fingerprint density at radius 1 is 0.379 bits per heavy atom. The monoisotopic (exact) mass is 745 g/mol. The summed E-state index contributed by atoms with van der Waals surface area (Å²) in [4.78, 5) is 14.5. The Bertz CT molecular complexity index is 3000. The molecule has 274 valence electrons. The molecule has 0 saturated heterocycles. The fourth-order valence-corrected chi connectivity index (χ4v) is 8.24. The van der Waals surface area contributed by atoms with E-state index in [0.717, 1.165) is 83.5 Å². The average molecular weight is 746 g/mol. The number of rotatable bonds is 8. The van der Waals surface area contributed by atoms with E-state index in [1.54, 1.807) is 6.33 Å². The largest absolute Gasteiger partial charge is 0.450 e. The molecule has 0 bridgehead atoms. The van der Waals surface area contributed by atoms with Gasteiger partial charge in [0.2, 0.25) is 0 Å². The van der Waals surface area contributed by atoms with E-state index < -0.39 is 0 Å². The van der Waals surface area contributed by atoms with Crippen molar-refractivity contribution in [2.75, 3.05) is 9.80 Å². The van der Waals surface area contributed by atoms with E-state index in [0.29, 0.717) is 11.4 Å². The zero-order chi connectivity index (χ0) is 38.4. The van der Waals surface area contributed by atoms with Gasteiger partial charge in [0.05, 0.1) is 11.0 Å². The van der Waals surface area contributed by atoms with Crippen molar-refractivity contribution in [1.29, 1.82) is 0 Å². The minimum absolute atomic E-state index is 0.628.